The first-order valence-corrected chi connectivity index (χ1v) is 9.50. The third-order valence-corrected chi connectivity index (χ3v) is 5.59. The molecule has 1 saturated heterocycles. The second kappa shape index (κ2) is 6.78. The Labute approximate surface area is 163 Å². The highest BCUT2D eigenvalue weighted by Crippen LogP contribution is 2.29. The van der Waals surface area contributed by atoms with Crippen LogP contribution in [0.15, 0.2) is 42.5 Å². The van der Waals surface area contributed by atoms with Crippen LogP contribution in [0, 0.1) is 6.92 Å². The van der Waals surface area contributed by atoms with Crippen LogP contribution in [0.1, 0.15) is 35.6 Å². The molecule has 1 aliphatic heterocycles. The number of rotatable bonds is 4. The number of benzene rings is 2. The average Bonchev–Trinajstić information content (AvgIpc) is 3.21. The predicted molar refractivity (Wildman–Crippen MR) is 106 cm³/mol. The van der Waals surface area contributed by atoms with Crippen molar-refractivity contribution in [3.63, 3.8) is 0 Å². The topological polar surface area (TPSA) is 78.5 Å². The molecule has 28 heavy (non-hydrogen) atoms. The number of hydrogen-bond donors (Lipinski definition) is 2. The Bertz CT molecular complexity index is 967. The lowest BCUT2D eigenvalue weighted by atomic mass is 9.91. The second-order valence-electron chi connectivity index (χ2n) is 7.70. The molecule has 2 aromatic carbocycles. The lowest BCUT2D eigenvalue weighted by Gasteiger charge is -2.22. The summed E-state index contributed by atoms with van der Waals surface area (Å²) >= 11 is 0. The van der Waals surface area contributed by atoms with Crippen molar-refractivity contribution < 1.29 is 14.4 Å². The van der Waals surface area contributed by atoms with E-state index >= 15 is 0 Å². The second-order valence-corrected chi connectivity index (χ2v) is 7.70. The minimum Gasteiger partial charge on any atom is -0.325 e. The Morgan fingerprint density at radius 2 is 1.82 bits per heavy atom. The molecular formula is C22H23N3O3. The lowest BCUT2D eigenvalue weighted by Crippen LogP contribution is -2.42. The smallest absolute Gasteiger partial charge is 0.325 e. The van der Waals surface area contributed by atoms with Gasteiger partial charge in [-0.15, -0.1) is 0 Å². The Balaban J connectivity index is 1.47. The van der Waals surface area contributed by atoms with Crippen LogP contribution in [-0.2, 0) is 28.0 Å². The van der Waals surface area contributed by atoms with Gasteiger partial charge in [-0.05, 0) is 61.9 Å². The van der Waals surface area contributed by atoms with Gasteiger partial charge in [-0.2, -0.15) is 0 Å². The molecule has 1 aliphatic carbocycles. The summed E-state index contributed by atoms with van der Waals surface area (Å²) in [6, 6.07) is 12.7. The number of amides is 4. The summed E-state index contributed by atoms with van der Waals surface area (Å²) < 4.78 is 0. The molecule has 6 nitrogen and oxygen atoms in total. The van der Waals surface area contributed by atoms with Crippen LogP contribution >= 0.6 is 0 Å². The number of anilines is 1. The molecule has 144 valence electrons. The van der Waals surface area contributed by atoms with Crippen LogP contribution in [0.5, 0.6) is 0 Å². The van der Waals surface area contributed by atoms with Gasteiger partial charge in [-0.3, -0.25) is 14.5 Å². The van der Waals surface area contributed by atoms with Crippen molar-refractivity contribution in [1.29, 1.82) is 0 Å². The van der Waals surface area contributed by atoms with E-state index in [-0.39, 0.29) is 6.54 Å². The van der Waals surface area contributed by atoms with Gasteiger partial charge in [-0.25, -0.2) is 4.79 Å². The van der Waals surface area contributed by atoms with Gasteiger partial charge in [0.25, 0.3) is 5.91 Å². The van der Waals surface area contributed by atoms with Gasteiger partial charge < -0.3 is 10.6 Å². The molecule has 0 unspecified atom stereocenters. The number of hydrogen-bond acceptors (Lipinski definition) is 3. The van der Waals surface area contributed by atoms with Crippen LogP contribution in [0.25, 0.3) is 0 Å². The fourth-order valence-corrected chi connectivity index (χ4v) is 3.92. The van der Waals surface area contributed by atoms with Gasteiger partial charge in [0.1, 0.15) is 12.1 Å². The van der Waals surface area contributed by atoms with E-state index in [1.807, 2.05) is 49.4 Å². The van der Waals surface area contributed by atoms with Crippen molar-refractivity contribution in [3.05, 3.63) is 64.7 Å². The third kappa shape index (κ3) is 3.15. The van der Waals surface area contributed by atoms with Gasteiger partial charge in [0.2, 0.25) is 5.91 Å². The van der Waals surface area contributed by atoms with Crippen LogP contribution in [0.2, 0.25) is 0 Å². The Morgan fingerprint density at radius 1 is 1.11 bits per heavy atom. The maximum Gasteiger partial charge on any atom is 0.325 e. The first kappa shape index (κ1) is 18.2. The molecule has 0 radical (unpaired) electrons. The maximum atomic E-state index is 12.9. The quantitative estimate of drug-likeness (QED) is 0.804. The molecule has 4 amide bonds. The van der Waals surface area contributed by atoms with Crippen LogP contribution in [0.4, 0.5) is 10.5 Å². The molecule has 6 heteroatoms. The largest absolute Gasteiger partial charge is 0.325 e. The van der Waals surface area contributed by atoms with Crippen LogP contribution in [-0.4, -0.2) is 29.3 Å². The summed E-state index contributed by atoms with van der Waals surface area (Å²) in [7, 11) is 0. The van der Waals surface area contributed by atoms with E-state index in [2.05, 4.69) is 10.6 Å². The molecule has 2 N–H and O–H groups in total. The van der Waals surface area contributed by atoms with Crippen molar-refractivity contribution in [1.82, 2.24) is 10.2 Å². The maximum absolute atomic E-state index is 12.9. The molecule has 0 aromatic heterocycles. The molecule has 1 fully saturated rings. The first-order valence-electron chi connectivity index (χ1n) is 9.50. The van der Waals surface area contributed by atoms with E-state index < -0.39 is 23.4 Å². The molecule has 0 spiro atoms. The minimum absolute atomic E-state index is 0.316. The number of urea groups is 1. The average molecular weight is 377 g/mol. The lowest BCUT2D eigenvalue weighted by molar-refractivity contribution is -0.133. The first-order chi connectivity index (χ1) is 13.4. The number of carbonyl (C=O) groups is 3. The van der Waals surface area contributed by atoms with Gasteiger partial charge in [0, 0.05) is 5.69 Å². The monoisotopic (exact) mass is 377 g/mol. The Morgan fingerprint density at radius 3 is 2.57 bits per heavy atom. The molecule has 0 saturated carbocycles. The highest BCUT2D eigenvalue weighted by Gasteiger charge is 2.49. The SMILES string of the molecule is Cc1ccc([C@]2(C)NC(=O)N(CC(=O)Nc3ccc4c(c3)CCC4)C2=O)cc1. The van der Waals surface area contributed by atoms with Crippen molar-refractivity contribution >= 4 is 23.5 Å². The molecule has 2 aromatic rings. The number of aryl methyl sites for hydroxylation is 3. The van der Waals surface area contributed by atoms with E-state index in [1.54, 1.807) is 6.92 Å². The molecule has 1 atom stereocenters. The summed E-state index contributed by atoms with van der Waals surface area (Å²) in [5.41, 5.74) is 3.85. The van der Waals surface area contributed by atoms with E-state index in [9.17, 15) is 14.4 Å². The summed E-state index contributed by atoms with van der Waals surface area (Å²) in [4.78, 5) is 38.8. The molecule has 1 heterocycles. The predicted octanol–water partition coefficient (Wildman–Crippen LogP) is 2.89. The summed E-state index contributed by atoms with van der Waals surface area (Å²) in [6.07, 6.45) is 3.22. The van der Waals surface area contributed by atoms with Gasteiger partial charge in [-0.1, -0.05) is 35.9 Å². The number of nitrogens with zero attached hydrogens (tertiary/aromatic N) is 1. The molecule has 4 rings (SSSR count). The van der Waals surface area contributed by atoms with E-state index in [1.165, 1.54) is 11.1 Å². The van der Waals surface area contributed by atoms with Crippen molar-refractivity contribution in [2.45, 2.75) is 38.6 Å². The number of fused-ring (bicyclic) bond motifs is 1. The number of imide groups is 1. The highest BCUT2D eigenvalue weighted by atomic mass is 16.2. The zero-order chi connectivity index (χ0) is 19.9. The van der Waals surface area contributed by atoms with Crippen LogP contribution in [0.3, 0.4) is 0 Å². The Kier molecular flexibility index (Phi) is 4.41. The number of nitrogens with one attached hydrogen (secondary N) is 2. The normalized spacial score (nSPS) is 20.9. The fourth-order valence-electron chi connectivity index (χ4n) is 3.92. The third-order valence-electron chi connectivity index (χ3n) is 5.59. The summed E-state index contributed by atoms with van der Waals surface area (Å²) in [5.74, 6) is -0.819. The van der Waals surface area contributed by atoms with Crippen molar-refractivity contribution in [2.75, 3.05) is 11.9 Å². The van der Waals surface area contributed by atoms with E-state index in [4.69, 9.17) is 0 Å². The van der Waals surface area contributed by atoms with E-state index in [0.717, 1.165) is 29.7 Å². The highest BCUT2D eigenvalue weighted by molar-refractivity contribution is 6.10. The zero-order valence-electron chi connectivity index (χ0n) is 16.0. The van der Waals surface area contributed by atoms with Gasteiger partial charge in [0.05, 0.1) is 0 Å². The zero-order valence-corrected chi connectivity index (χ0v) is 16.0. The standard InChI is InChI=1S/C22H23N3O3/c1-14-6-9-17(10-7-14)22(2)20(27)25(21(28)24-22)13-19(26)23-18-11-8-15-4-3-5-16(15)12-18/h6-12H,3-5,13H2,1-2H3,(H,23,26)(H,24,28)/t22-/m0/s1. The molecular weight excluding hydrogens is 354 g/mol. The van der Waals surface area contributed by atoms with Crippen molar-refractivity contribution in [3.8, 4) is 0 Å². The minimum atomic E-state index is -1.17. The van der Waals surface area contributed by atoms with Gasteiger partial charge in [0.15, 0.2) is 0 Å². The van der Waals surface area contributed by atoms with Crippen molar-refractivity contribution in [2.24, 2.45) is 0 Å². The summed E-state index contributed by atoms with van der Waals surface area (Å²) in [5, 5.41) is 5.53. The summed E-state index contributed by atoms with van der Waals surface area (Å²) in [6.45, 7) is 3.30. The Hall–Kier alpha value is -3.15. The van der Waals surface area contributed by atoms with Gasteiger partial charge >= 0.3 is 6.03 Å². The molecule has 2 aliphatic rings. The number of carbonyl (C=O) groups excluding carboxylic acids is 3. The molecule has 0 bridgehead atoms. The van der Waals surface area contributed by atoms with E-state index in [0.29, 0.717) is 11.3 Å². The fraction of sp³-hybridized carbons (Fsp3) is 0.318. The van der Waals surface area contributed by atoms with Crippen LogP contribution < -0.4 is 10.6 Å².